The minimum Gasteiger partial charge on any atom is -0.310 e. The van der Waals surface area contributed by atoms with E-state index in [1.165, 1.54) is 92.1 Å². The van der Waals surface area contributed by atoms with Gasteiger partial charge in [0.25, 0.3) is 0 Å². The van der Waals surface area contributed by atoms with Crippen LogP contribution in [0.15, 0.2) is 164 Å². The lowest BCUT2D eigenvalue weighted by atomic mass is 9.97. The van der Waals surface area contributed by atoms with E-state index in [4.69, 9.17) is 0 Å². The molecule has 0 saturated heterocycles. The molecule has 0 amide bonds. The molecule has 0 spiro atoms. The largest absolute Gasteiger partial charge is 0.310 e. The van der Waals surface area contributed by atoms with E-state index in [1.807, 2.05) is 11.3 Å². The van der Waals surface area contributed by atoms with Gasteiger partial charge in [-0.2, -0.15) is 0 Å². The van der Waals surface area contributed by atoms with Crippen LogP contribution in [0.5, 0.6) is 0 Å². The minimum atomic E-state index is 1.08. The van der Waals surface area contributed by atoms with Gasteiger partial charge in [0.1, 0.15) is 0 Å². The van der Waals surface area contributed by atoms with Crippen molar-refractivity contribution in [2.24, 2.45) is 0 Å². The topological polar surface area (TPSA) is 9.86 Å². The lowest BCUT2D eigenvalue weighted by Crippen LogP contribution is -2.00. The van der Waals surface area contributed by atoms with Crippen molar-refractivity contribution in [1.82, 2.24) is 9.13 Å². The van der Waals surface area contributed by atoms with Gasteiger partial charge < -0.3 is 9.13 Å². The molecule has 11 rings (SSSR count). The number of aromatic nitrogens is 2. The molecule has 3 heterocycles. The average molecular weight is 669 g/mol. The van der Waals surface area contributed by atoms with Crippen molar-refractivity contribution in [3.63, 3.8) is 0 Å². The van der Waals surface area contributed by atoms with Crippen molar-refractivity contribution >= 4 is 70.3 Å². The SMILES string of the molecule is C1=Cc2c(c3ccccc3n2-c2ccc3c(c2)c2ccccc2n3-c2cccc(-c3cccc(-c4cccc5c4sc4ccccc45)c3)c2)CC1. The molecule has 240 valence electrons. The van der Waals surface area contributed by atoms with Gasteiger partial charge in [-0.3, -0.25) is 0 Å². The number of aryl methyl sites for hydroxylation is 1. The van der Waals surface area contributed by atoms with Crippen LogP contribution in [0.4, 0.5) is 0 Å². The maximum atomic E-state index is 2.46. The van der Waals surface area contributed by atoms with Crippen molar-refractivity contribution in [2.45, 2.75) is 12.8 Å². The van der Waals surface area contributed by atoms with Gasteiger partial charge in [-0.25, -0.2) is 0 Å². The molecule has 0 saturated carbocycles. The zero-order valence-electron chi connectivity index (χ0n) is 27.9. The first kappa shape index (κ1) is 28.7. The summed E-state index contributed by atoms with van der Waals surface area (Å²) in [6.07, 6.45) is 6.81. The molecule has 1 aliphatic rings. The zero-order chi connectivity index (χ0) is 33.5. The number of hydrogen-bond acceptors (Lipinski definition) is 1. The summed E-state index contributed by atoms with van der Waals surface area (Å²) in [6.45, 7) is 0. The van der Waals surface area contributed by atoms with Crippen LogP contribution in [0.3, 0.4) is 0 Å². The van der Waals surface area contributed by atoms with E-state index in [1.54, 1.807) is 0 Å². The van der Waals surface area contributed by atoms with Gasteiger partial charge in [0, 0.05) is 53.4 Å². The Hall–Kier alpha value is -6.16. The first-order chi connectivity index (χ1) is 25.3. The smallest absolute Gasteiger partial charge is 0.0542 e. The number of rotatable bonds is 4. The molecule has 0 N–H and O–H groups in total. The predicted octanol–water partition coefficient (Wildman–Crippen LogP) is 13.4. The van der Waals surface area contributed by atoms with E-state index in [0.717, 1.165) is 18.5 Å². The predicted molar refractivity (Wildman–Crippen MR) is 219 cm³/mol. The van der Waals surface area contributed by atoms with Crippen LogP contribution in [0, 0.1) is 0 Å². The Bertz CT molecular complexity index is 3040. The molecule has 0 radical (unpaired) electrons. The van der Waals surface area contributed by atoms with Gasteiger partial charge >= 0.3 is 0 Å². The van der Waals surface area contributed by atoms with Crippen LogP contribution >= 0.6 is 11.3 Å². The van der Waals surface area contributed by atoms with Gasteiger partial charge in [0.2, 0.25) is 0 Å². The van der Waals surface area contributed by atoms with Crippen LogP contribution in [-0.2, 0) is 6.42 Å². The lowest BCUT2D eigenvalue weighted by molar-refractivity contribution is 0.968. The maximum absolute atomic E-state index is 2.46. The fourth-order valence-corrected chi connectivity index (χ4v) is 9.75. The second kappa shape index (κ2) is 11.2. The van der Waals surface area contributed by atoms with Crippen LogP contribution in [0.25, 0.3) is 92.6 Å². The normalized spacial score (nSPS) is 12.9. The van der Waals surface area contributed by atoms with Gasteiger partial charge in [-0.1, -0.05) is 109 Å². The third-order valence-electron chi connectivity index (χ3n) is 10.8. The zero-order valence-corrected chi connectivity index (χ0v) is 28.7. The Morgan fingerprint density at radius 2 is 1.12 bits per heavy atom. The Kier molecular flexibility index (Phi) is 6.28. The Balaban J connectivity index is 1.05. The molecule has 7 aromatic carbocycles. The van der Waals surface area contributed by atoms with Crippen LogP contribution in [0.1, 0.15) is 17.7 Å². The summed E-state index contributed by atoms with van der Waals surface area (Å²) in [5.74, 6) is 0. The molecule has 3 heteroatoms. The summed E-state index contributed by atoms with van der Waals surface area (Å²) in [6, 6.07) is 58.2. The Morgan fingerprint density at radius 1 is 0.451 bits per heavy atom. The third kappa shape index (κ3) is 4.35. The fraction of sp³-hybridized carbons (Fsp3) is 0.0417. The molecule has 10 aromatic rings. The molecule has 0 bridgehead atoms. The molecule has 2 nitrogen and oxygen atoms in total. The van der Waals surface area contributed by atoms with E-state index in [9.17, 15) is 0 Å². The molecule has 0 aliphatic heterocycles. The average Bonchev–Trinajstić information content (AvgIpc) is 3.86. The highest BCUT2D eigenvalue weighted by Crippen LogP contribution is 2.41. The summed E-state index contributed by atoms with van der Waals surface area (Å²) >= 11 is 1.89. The Morgan fingerprint density at radius 3 is 2.02 bits per heavy atom. The van der Waals surface area contributed by atoms with Gasteiger partial charge in [0.15, 0.2) is 0 Å². The van der Waals surface area contributed by atoms with Crippen molar-refractivity contribution in [3.05, 3.63) is 175 Å². The number of fused-ring (bicyclic) bond motifs is 9. The lowest BCUT2D eigenvalue weighted by Gasteiger charge is -2.13. The first-order valence-corrected chi connectivity index (χ1v) is 18.6. The van der Waals surface area contributed by atoms with E-state index in [2.05, 4.69) is 179 Å². The molecule has 0 fully saturated rings. The summed E-state index contributed by atoms with van der Waals surface area (Å²) in [4.78, 5) is 0. The first-order valence-electron chi connectivity index (χ1n) is 17.7. The van der Waals surface area contributed by atoms with Crippen LogP contribution in [0.2, 0.25) is 0 Å². The molecule has 51 heavy (non-hydrogen) atoms. The van der Waals surface area contributed by atoms with Crippen molar-refractivity contribution in [2.75, 3.05) is 0 Å². The van der Waals surface area contributed by atoms with Gasteiger partial charge in [-0.05, 0) is 101 Å². The van der Waals surface area contributed by atoms with E-state index >= 15 is 0 Å². The second-order valence-corrected chi connectivity index (χ2v) is 14.7. The van der Waals surface area contributed by atoms with E-state index in [-0.39, 0.29) is 0 Å². The number of thiophene rings is 1. The standard InChI is InChI=1S/C48H32N2S/c1-5-22-43-37(16-1)38-17-2-6-23-44(38)50(43)35-26-27-46-42(30-35)39-18-3-7-24-45(39)49(46)34-15-10-13-32(29-34)31-12-9-14-33(28-31)36-20-11-21-41-40-19-4-8-25-47(40)51-48(36)41/h1,3-16,18-30H,2,17H2. The molecule has 1 aliphatic carbocycles. The van der Waals surface area contributed by atoms with Gasteiger partial charge in [0.05, 0.1) is 16.6 Å². The highest BCUT2D eigenvalue weighted by molar-refractivity contribution is 7.26. The molecular formula is C48H32N2S. The number of para-hydroxylation sites is 2. The van der Waals surface area contributed by atoms with Crippen LogP contribution in [-0.4, -0.2) is 9.13 Å². The quantitative estimate of drug-likeness (QED) is 0.177. The van der Waals surface area contributed by atoms with Crippen LogP contribution < -0.4 is 0 Å². The summed E-state index contributed by atoms with van der Waals surface area (Å²) in [7, 11) is 0. The highest BCUT2D eigenvalue weighted by atomic mass is 32.1. The van der Waals surface area contributed by atoms with E-state index in [0.29, 0.717) is 0 Å². The van der Waals surface area contributed by atoms with Crippen molar-refractivity contribution in [1.29, 1.82) is 0 Å². The van der Waals surface area contributed by atoms with E-state index < -0.39 is 0 Å². The molecule has 3 aromatic heterocycles. The number of benzene rings is 7. The molecule has 0 atom stereocenters. The van der Waals surface area contributed by atoms with Crippen molar-refractivity contribution < 1.29 is 0 Å². The third-order valence-corrected chi connectivity index (χ3v) is 12.0. The second-order valence-electron chi connectivity index (χ2n) is 13.6. The fourth-order valence-electron chi connectivity index (χ4n) is 8.51. The Labute approximate surface area is 299 Å². The summed E-state index contributed by atoms with van der Waals surface area (Å²) in [5.41, 5.74) is 13.8. The number of allylic oxidation sites excluding steroid dienone is 1. The minimum absolute atomic E-state index is 1.08. The highest BCUT2D eigenvalue weighted by Gasteiger charge is 2.20. The monoisotopic (exact) mass is 668 g/mol. The summed E-state index contributed by atoms with van der Waals surface area (Å²) in [5, 5.41) is 6.55. The number of hydrogen-bond donors (Lipinski definition) is 0. The van der Waals surface area contributed by atoms with Gasteiger partial charge in [-0.15, -0.1) is 11.3 Å². The molecule has 0 unspecified atom stereocenters. The number of nitrogens with zero attached hydrogens (tertiary/aromatic N) is 2. The molecular weight excluding hydrogens is 637 g/mol. The van der Waals surface area contributed by atoms with Crippen molar-refractivity contribution in [3.8, 4) is 33.6 Å². The summed E-state index contributed by atoms with van der Waals surface area (Å²) < 4.78 is 7.57. The maximum Gasteiger partial charge on any atom is 0.0542 e.